The Morgan fingerprint density at radius 3 is 2.86 bits per heavy atom. The highest BCUT2D eigenvalue weighted by molar-refractivity contribution is 5.45. The van der Waals surface area contributed by atoms with Gasteiger partial charge in [-0.05, 0) is 31.9 Å². The average molecular weight is 188 g/mol. The van der Waals surface area contributed by atoms with Crippen molar-refractivity contribution in [2.24, 2.45) is 0 Å². The zero-order valence-electron chi connectivity index (χ0n) is 8.96. The Morgan fingerprint density at radius 2 is 2.29 bits per heavy atom. The van der Waals surface area contributed by atoms with Crippen molar-refractivity contribution in [2.75, 3.05) is 5.32 Å². The number of nitrogens with one attached hydrogen (secondary N) is 1. The van der Waals surface area contributed by atoms with E-state index in [4.69, 9.17) is 6.42 Å². The fourth-order valence-electron chi connectivity index (χ4n) is 1.33. The predicted molar refractivity (Wildman–Crippen MR) is 60.2 cm³/mol. The minimum absolute atomic E-state index is 0.272. The molecule has 0 aromatic carbocycles. The number of hydrogen-bond acceptors (Lipinski definition) is 2. The molecular formula is C12H16N2. The van der Waals surface area contributed by atoms with E-state index in [0.29, 0.717) is 0 Å². The van der Waals surface area contributed by atoms with Gasteiger partial charge < -0.3 is 5.32 Å². The molecule has 1 aromatic rings. The quantitative estimate of drug-likeness (QED) is 0.737. The molecule has 1 heterocycles. The van der Waals surface area contributed by atoms with Gasteiger partial charge in [0.05, 0.1) is 0 Å². The number of aromatic nitrogens is 1. The van der Waals surface area contributed by atoms with Crippen LogP contribution < -0.4 is 5.32 Å². The summed E-state index contributed by atoms with van der Waals surface area (Å²) in [5.74, 6) is 3.56. The summed E-state index contributed by atoms with van der Waals surface area (Å²) >= 11 is 0. The van der Waals surface area contributed by atoms with Crippen LogP contribution in [0, 0.1) is 26.2 Å². The zero-order chi connectivity index (χ0) is 10.6. The summed E-state index contributed by atoms with van der Waals surface area (Å²) in [4.78, 5) is 4.32. The smallest absolute Gasteiger partial charge is 0.129 e. The Bertz CT molecular complexity index is 350. The summed E-state index contributed by atoms with van der Waals surface area (Å²) in [6.45, 7) is 6.14. The first-order valence-electron chi connectivity index (χ1n) is 4.76. The fourth-order valence-corrected chi connectivity index (χ4v) is 1.33. The van der Waals surface area contributed by atoms with Gasteiger partial charge in [0.15, 0.2) is 0 Å². The van der Waals surface area contributed by atoms with E-state index in [1.807, 2.05) is 20.0 Å². The van der Waals surface area contributed by atoms with Crippen LogP contribution >= 0.6 is 0 Å². The van der Waals surface area contributed by atoms with E-state index < -0.39 is 0 Å². The van der Waals surface area contributed by atoms with E-state index in [1.165, 1.54) is 5.56 Å². The maximum absolute atomic E-state index is 5.23. The van der Waals surface area contributed by atoms with Crippen LogP contribution in [0.4, 0.5) is 5.82 Å². The molecule has 0 bridgehead atoms. The fraction of sp³-hybridized carbons (Fsp3) is 0.417. The van der Waals surface area contributed by atoms with Crippen LogP contribution in [0.1, 0.15) is 24.5 Å². The van der Waals surface area contributed by atoms with E-state index in [0.717, 1.165) is 17.8 Å². The number of aryl methyl sites for hydroxylation is 2. The van der Waals surface area contributed by atoms with Crippen molar-refractivity contribution >= 4 is 5.82 Å². The second-order valence-corrected chi connectivity index (χ2v) is 3.63. The number of terminal acetylenes is 1. The normalized spacial score (nSPS) is 11.9. The van der Waals surface area contributed by atoms with Crippen molar-refractivity contribution < 1.29 is 0 Å². The number of pyridine rings is 1. The number of anilines is 1. The van der Waals surface area contributed by atoms with Gasteiger partial charge in [-0.25, -0.2) is 4.98 Å². The Balaban J connectivity index is 2.73. The van der Waals surface area contributed by atoms with Crippen LogP contribution in [0.2, 0.25) is 0 Å². The topological polar surface area (TPSA) is 24.9 Å². The molecule has 1 unspecified atom stereocenters. The Kier molecular flexibility index (Phi) is 3.53. The van der Waals surface area contributed by atoms with Gasteiger partial charge in [-0.15, -0.1) is 12.3 Å². The number of hydrogen-bond donors (Lipinski definition) is 1. The van der Waals surface area contributed by atoms with Crippen molar-refractivity contribution in [3.05, 3.63) is 23.4 Å². The minimum atomic E-state index is 0.272. The molecule has 14 heavy (non-hydrogen) atoms. The lowest BCUT2D eigenvalue weighted by molar-refractivity contribution is 0.819. The van der Waals surface area contributed by atoms with Gasteiger partial charge in [-0.1, -0.05) is 6.07 Å². The predicted octanol–water partition coefficient (Wildman–Crippen LogP) is 2.52. The molecule has 0 fully saturated rings. The van der Waals surface area contributed by atoms with Crippen LogP contribution in [0.5, 0.6) is 0 Å². The highest BCUT2D eigenvalue weighted by Crippen LogP contribution is 2.13. The second-order valence-electron chi connectivity index (χ2n) is 3.63. The summed E-state index contributed by atoms with van der Waals surface area (Å²) in [5.41, 5.74) is 2.34. The number of nitrogens with zero attached hydrogens (tertiary/aromatic N) is 1. The molecule has 0 aliphatic carbocycles. The van der Waals surface area contributed by atoms with Gasteiger partial charge in [0, 0.05) is 18.7 Å². The van der Waals surface area contributed by atoms with E-state index in [2.05, 4.69) is 29.2 Å². The van der Waals surface area contributed by atoms with Crippen LogP contribution in [0.25, 0.3) is 0 Å². The molecular weight excluding hydrogens is 172 g/mol. The standard InChI is InChI=1S/C12H16N2/c1-5-6-11(4)14-12-10(3)7-9(2)8-13-12/h1,7-8,11H,6H2,2-4H3,(H,13,14). The molecule has 1 N–H and O–H groups in total. The van der Waals surface area contributed by atoms with Crippen LogP contribution in [-0.4, -0.2) is 11.0 Å². The van der Waals surface area contributed by atoms with Crippen molar-refractivity contribution in [3.63, 3.8) is 0 Å². The Morgan fingerprint density at radius 1 is 1.57 bits per heavy atom. The average Bonchev–Trinajstić information content (AvgIpc) is 2.10. The first kappa shape index (κ1) is 10.6. The lowest BCUT2D eigenvalue weighted by atomic mass is 10.2. The van der Waals surface area contributed by atoms with Gasteiger partial charge in [0.2, 0.25) is 0 Å². The molecule has 2 heteroatoms. The molecule has 0 spiro atoms. The van der Waals surface area contributed by atoms with Crippen LogP contribution in [-0.2, 0) is 0 Å². The molecule has 0 amide bonds. The molecule has 0 saturated carbocycles. The van der Waals surface area contributed by atoms with E-state index in [-0.39, 0.29) is 6.04 Å². The third kappa shape index (κ3) is 2.77. The van der Waals surface area contributed by atoms with Gasteiger partial charge in [-0.2, -0.15) is 0 Å². The van der Waals surface area contributed by atoms with Crippen LogP contribution in [0.15, 0.2) is 12.3 Å². The molecule has 1 aromatic heterocycles. The summed E-state index contributed by atoms with van der Waals surface area (Å²) < 4.78 is 0. The number of rotatable bonds is 3. The second kappa shape index (κ2) is 4.66. The first-order valence-corrected chi connectivity index (χ1v) is 4.76. The Hall–Kier alpha value is -1.49. The van der Waals surface area contributed by atoms with Crippen molar-refractivity contribution in [1.29, 1.82) is 0 Å². The summed E-state index contributed by atoms with van der Waals surface area (Å²) in [7, 11) is 0. The van der Waals surface area contributed by atoms with E-state index >= 15 is 0 Å². The monoisotopic (exact) mass is 188 g/mol. The lowest BCUT2D eigenvalue weighted by Crippen LogP contribution is -2.15. The van der Waals surface area contributed by atoms with Gasteiger partial charge in [0.25, 0.3) is 0 Å². The SMILES string of the molecule is C#CCC(C)Nc1ncc(C)cc1C. The first-order chi connectivity index (χ1) is 6.63. The third-order valence-electron chi connectivity index (χ3n) is 2.02. The van der Waals surface area contributed by atoms with Gasteiger partial charge in [-0.3, -0.25) is 0 Å². The van der Waals surface area contributed by atoms with Crippen molar-refractivity contribution in [2.45, 2.75) is 33.2 Å². The maximum atomic E-state index is 5.23. The largest absolute Gasteiger partial charge is 0.366 e. The molecule has 0 aliphatic rings. The van der Waals surface area contributed by atoms with E-state index in [1.54, 1.807) is 0 Å². The highest BCUT2D eigenvalue weighted by atomic mass is 15.0. The third-order valence-corrected chi connectivity index (χ3v) is 2.02. The summed E-state index contributed by atoms with van der Waals surface area (Å²) in [6.07, 6.45) is 7.81. The van der Waals surface area contributed by atoms with Crippen molar-refractivity contribution in [1.82, 2.24) is 4.98 Å². The molecule has 0 radical (unpaired) electrons. The molecule has 2 nitrogen and oxygen atoms in total. The zero-order valence-corrected chi connectivity index (χ0v) is 8.96. The minimum Gasteiger partial charge on any atom is -0.366 e. The summed E-state index contributed by atoms with van der Waals surface area (Å²) in [6, 6.07) is 2.38. The molecule has 0 aliphatic heterocycles. The maximum Gasteiger partial charge on any atom is 0.129 e. The molecule has 1 rings (SSSR count). The lowest BCUT2D eigenvalue weighted by Gasteiger charge is -2.13. The summed E-state index contributed by atoms with van der Waals surface area (Å²) in [5, 5.41) is 3.28. The molecule has 0 saturated heterocycles. The van der Waals surface area contributed by atoms with E-state index in [9.17, 15) is 0 Å². The van der Waals surface area contributed by atoms with Gasteiger partial charge in [0.1, 0.15) is 5.82 Å². The Labute approximate surface area is 85.8 Å². The molecule has 1 atom stereocenters. The van der Waals surface area contributed by atoms with Gasteiger partial charge >= 0.3 is 0 Å². The van der Waals surface area contributed by atoms with Crippen LogP contribution in [0.3, 0.4) is 0 Å². The highest BCUT2D eigenvalue weighted by Gasteiger charge is 2.03. The van der Waals surface area contributed by atoms with Crippen molar-refractivity contribution in [3.8, 4) is 12.3 Å². The molecule has 74 valence electrons.